The minimum atomic E-state index is -0.564. The van der Waals surface area contributed by atoms with Gasteiger partial charge >= 0.3 is 6.09 Å². The Morgan fingerprint density at radius 1 is 1.20 bits per heavy atom. The van der Waals surface area contributed by atoms with E-state index in [-0.39, 0.29) is 18.0 Å². The van der Waals surface area contributed by atoms with Crippen molar-refractivity contribution < 1.29 is 23.5 Å². The van der Waals surface area contributed by atoms with Crippen LogP contribution in [0, 0.1) is 18.3 Å². The number of aryl methyl sites for hydroxylation is 1. The molecule has 2 heterocycles. The lowest BCUT2D eigenvalue weighted by molar-refractivity contribution is 0.0290. The summed E-state index contributed by atoms with van der Waals surface area (Å²) in [6, 6.07) is 14.5. The quantitative estimate of drug-likeness (QED) is 0.561. The van der Waals surface area contributed by atoms with Crippen LogP contribution in [0.3, 0.4) is 0 Å². The number of ether oxygens (including phenoxy) is 2. The van der Waals surface area contributed by atoms with Crippen LogP contribution in [-0.2, 0) is 11.3 Å². The lowest BCUT2D eigenvalue weighted by Gasteiger charge is -2.24. The van der Waals surface area contributed by atoms with Gasteiger partial charge in [-0.1, -0.05) is 12.1 Å². The van der Waals surface area contributed by atoms with Crippen LogP contribution in [0.5, 0.6) is 5.75 Å². The number of nitrogens with zero attached hydrogens (tertiary/aromatic N) is 2. The minimum Gasteiger partial charge on any atom is -0.489 e. The van der Waals surface area contributed by atoms with Crippen LogP contribution in [-0.4, -0.2) is 41.6 Å². The van der Waals surface area contributed by atoms with Gasteiger partial charge in [0.25, 0.3) is 5.91 Å². The third-order valence-electron chi connectivity index (χ3n) is 5.73. The number of benzene rings is 2. The molecule has 1 aromatic heterocycles. The summed E-state index contributed by atoms with van der Waals surface area (Å²) >= 11 is 0. The number of fused-ring (bicyclic) bond motifs is 1. The van der Waals surface area contributed by atoms with Gasteiger partial charge in [-0.3, -0.25) is 4.79 Å². The summed E-state index contributed by atoms with van der Waals surface area (Å²) in [5.74, 6) is 0.874. The number of hydrogen-bond acceptors (Lipinski definition) is 6. The predicted octanol–water partition coefficient (Wildman–Crippen LogP) is 4.93. The van der Waals surface area contributed by atoms with Gasteiger partial charge in [0.05, 0.1) is 17.2 Å². The van der Waals surface area contributed by atoms with Gasteiger partial charge in [-0.15, -0.1) is 0 Å². The van der Waals surface area contributed by atoms with Crippen LogP contribution >= 0.6 is 0 Å². The summed E-state index contributed by atoms with van der Waals surface area (Å²) in [5, 5.41) is 12.6. The van der Waals surface area contributed by atoms with Crippen LogP contribution in [0.25, 0.3) is 11.0 Å². The van der Waals surface area contributed by atoms with Crippen LogP contribution in [0.15, 0.2) is 46.9 Å². The number of furan rings is 1. The van der Waals surface area contributed by atoms with Crippen molar-refractivity contribution in [1.29, 1.82) is 5.26 Å². The zero-order valence-electron chi connectivity index (χ0n) is 20.4. The van der Waals surface area contributed by atoms with E-state index in [1.165, 1.54) is 0 Å². The van der Waals surface area contributed by atoms with Gasteiger partial charge in [0, 0.05) is 24.5 Å². The molecule has 182 valence electrons. The van der Waals surface area contributed by atoms with E-state index in [2.05, 4.69) is 11.4 Å². The van der Waals surface area contributed by atoms with Crippen LogP contribution in [0.2, 0.25) is 0 Å². The topological polar surface area (TPSA) is 105 Å². The van der Waals surface area contributed by atoms with E-state index < -0.39 is 5.60 Å². The monoisotopic (exact) mass is 475 g/mol. The molecule has 1 atom stereocenters. The summed E-state index contributed by atoms with van der Waals surface area (Å²) in [4.78, 5) is 27.1. The van der Waals surface area contributed by atoms with Crippen LogP contribution in [0.4, 0.5) is 4.79 Å². The Morgan fingerprint density at radius 2 is 1.94 bits per heavy atom. The van der Waals surface area contributed by atoms with Crippen molar-refractivity contribution in [3.63, 3.8) is 0 Å². The molecule has 1 unspecified atom stereocenters. The van der Waals surface area contributed by atoms with Crippen molar-refractivity contribution in [2.45, 2.75) is 52.4 Å². The highest BCUT2D eigenvalue weighted by molar-refractivity contribution is 6.07. The van der Waals surface area contributed by atoms with Crippen molar-refractivity contribution in [2.75, 3.05) is 13.1 Å². The van der Waals surface area contributed by atoms with Gasteiger partial charge < -0.3 is 24.1 Å². The number of hydrogen-bond donors (Lipinski definition) is 1. The van der Waals surface area contributed by atoms with Gasteiger partial charge in [-0.25, -0.2) is 4.79 Å². The third-order valence-corrected chi connectivity index (χ3v) is 5.73. The number of carbonyl (C=O) groups is 2. The van der Waals surface area contributed by atoms with Crippen molar-refractivity contribution in [1.82, 2.24) is 10.2 Å². The Hall–Kier alpha value is -3.99. The van der Waals surface area contributed by atoms with Gasteiger partial charge in [0.15, 0.2) is 0 Å². The molecule has 0 saturated carbocycles. The smallest absolute Gasteiger partial charge is 0.410 e. The highest BCUT2D eigenvalue weighted by Crippen LogP contribution is 2.30. The molecule has 0 radical (unpaired) electrons. The Kier molecular flexibility index (Phi) is 6.70. The summed E-state index contributed by atoms with van der Waals surface area (Å²) in [5.41, 5.74) is 2.02. The second-order valence-corrected chi connectivity index (χ2v) is 9.67. The first-order valence-electron chi connectivity index (χ1n) is 11.6. The lowest BCUT2D eigenvalue weighted by atomic mass is 10.1. The molecule has 0 spiro atoms. The molecule has 0 bridgehead atoms. The van der Waals surface area contributed by atoms with E-state index in [1.54, 1.807) is 42.2 Å². The summed E-state index contributed by atoms with van der Waals surface area (Å²) in [6.07, 6.45) is 0.280. The molecule has 35 heavy (non-hydrogen) atoms. The minimum absolute atomic E-state index is 0.171. The fourth-order valence-electron chi connectivity index (χ4n) is 4.04. The fraction of sp³-hybridized carbons (Fsp3) is 0.370. The van der Waals surface area contributed by atoms with Crippen molar-refractivity contribution >= 4 is 23.0 Å². The maximum absolute atomic E-state index is 13.2. The fourth-order valence-corrected chi connectivity index (χ4v) is 4.04. The molecule has 1 saturated heterocycles. The van der Waals surface area contributed by atoms with E-state index >= 15 is 0 Å². The highest BCUT2D eigenvalue weighted by Gasteiger charge is 2.31. The molecular weight excluding hydrogens is 446 g/mol. The first-order valence-corrected chi connectivity index (χ1v) is 11.6. The lowest BCUT2D eigenvalue weighted by Crippen LogP contribution is -2.40. The average Bonchev–Trinajstić information content (AvgIpc) is 3.40. The Bertz CT molecular complexity index is 1280. The molecule has 8 nitrogen and oxygen atoms in total. The Balaban J connectivity index is 1.43. The van der Waals surface area contributed by atoms with Gasteiger partial charge in [-0.05, 0) is 70.0 Å². The first-order chi connectivity index (χ1) is 16.6. The maximum Gasteiger partial charge on any atom is 0.410 e. The normalized spacial score (nSPS) is 15.6. The Morgan fingerprint density at radius 3 is 2.63 bits per heavy atom. The average molecular weight is 476 g/mol. The number of rotatable bonds is 5. The number of amides is 2. The van der Waals surface area contributed by atoms with Crippen LogP contribution < -0.4 is 10.1 Å². The largest absolute Gasteiger partial charge is 0.489 e. The zero-order valence-corrected chi connectivity index (χ0v) is 20.4. The molecular formula is C27H29N3O5. The molecule has 8 heteroatoms. The molecule has 2 amide bonds. The number of nitriles is 1. The molecule has 1 fully saturated rings. The van der Waals surface area contributed by atoms with Gasteiger partial charge in [0.2, 0.25) is 0 Å². The molecule has 1 aliphatic heterocycles. The molecule has 0 aliphatic carbocycles. The molecule has 2 aromatic carbocycles. The second-order valence-electron chi connectivity index (χ2n) is 9.67. The number of nitrogens with one attached hydrogen (secondary N) is 1. The first kappa shape index (κ1) is 24.1. The van der Waals surface area contributed by atoms with Crippen molar-refractivity contribution in [2.24, 2.45) is 0 Å². The molecule has 3 aromatic rings. The SMILES string of the molecule is Cc1oc2ccc(OCc3ccc(C#N)cc3)cc2c1C(=O)NC1CCN(C(=O)OC(C)(C)C)C1. The van der Waals surface area contributed by atoms with E-state index in [1.807, 2.05) is 32.9 Å². The van der Waals surface area contributed by atoms with E-state index in [0.29, 0.717) is 59.7 Å². The van der Waals surface area contributed by atoms with Crippen molar-refractivity contribution in [3.8, 4) is 11.8 Å². The highest BCUT2D eigenvalue weighted by atomic mass is 16.6. The molecule has 4 rings (SSSR count). The van der Waals surface area contributed by atoms with E-state index in [0.717, 1.165) is 5.56 Å². The zero-order chi connectivity index (χ0) is 25.2. The summed E-state index contributed by atoms with van der Waals surface area (Å²) in [6.45, 7) is 8.50. The summed E-state index contributed by atoms with van der Waals surface area (Å²) in [7, 11) is 0. The maximum atomic E-state index is 13.2. The van der Waals surface area contributed by atoms with Crippen molar-refractivity contribution in [3.05, 3.63) is 64.9 Å². The number of likely N-dealkylation sites (tertiary alicyclic amines) is 1. The number of carbonyl (C=O) groups excluding carboxylic acids is 2. The van der Waals surface area contributed by atoms with E-state index in [9.17, 15) is 9.59 Å². The second kappa shape index (κ2) is 9.71. The Labute approximate surface area is 204 Å². The molecule has 1 N–H and O–H groups in total. The third kappa shape index (κ3) is 5.75. The van der Waals surface area contributed by atoms with E-state index in [4.69, 9.17) is 19.2 Å². The van der Waals surface area contributed by atoms with Gasteiger partial charge in [-0.2, -0.15) is 5.26 Å². The summed E-state index contributed by atoms with van der Waals surface area (Å²) < 4.78 is 17.2. The van der Waals surface area contributed by atoms with Gasteiger partial charge in [0.1, 0.15) is 29.3 Å². The predicted molar refractivity (Wildman–Crippen MR) is 130 cm³/mol. The molecule has 1 aliphatic rings. The standard InChI is InChI=1S/C27H29N3O5/c1-17-24(25(31)29-20-11-12-30(15-20)26(32)35-27(2,3)4)22-13-21(9-10-23(22)34-17)33-16-19-7-5-18(14-28)6-8-19/h5-10,13,20H,11-12,15-16H2,1-4H3,(H,29,31). The van der Waals surface area contributed by atoms with Crippen LogP contribution in [0.1, 0.15) is 54.4 Å².